The second-order valence-corrected chi connectivity index (χ2v) is 10.9. The molecule has 2 fully saturated rings. The number of hydrogen-bond acceptors (Lipinski definition) is 4. The van der Waals surface area contributed by atoms with Crippen LogP contribution in [0.1, 0.15) is 32.3 Å². The van der Waals surface area contributed by atoms with E-state index in [-0.39, 0.29) is 17.9 Å². The molecule has 5 nitrogen and oxygen atoms in total. The van der Waals surface area contributed by atoms with Gasteiger partial charge >= 0.3 is 0 Å². The lowest BCUT2D eigenvalue weighted by Crippen LogP contribution is -2.45. The maximum atomic E-state index is 13.6. The number of halogens is 2. The number of aryl methyl sites for hydroxylation is 1. The van der Waals surface area contributed by atoms with Crippen LogP contribution in [-0.4, -0.2) is 40.8 Å². The molecule has 2 amide bonds. The quantitative estimate of drug-likeness (QED) is 0.479. The third-order valence-corrected chi connectivity index (χ3v) is 7.89. The van der Waals surface area contributed by atoms with Crippen LogP contribution < -0.4 is 5.32 Å². The van der Waals surface area contributed by atoms with E-state index in [0.29, 0.717) is 41.2 Å². The number of carbonyl (C=O) groups is 2. The van der Waals surface area contributed by atoms with Crippen molar-refractivity contribution in [3.05, 3.63) is 74.3 Å². The highest BCUT2D eigenvalue weighted by atomic mass is 79.9. The molecule has 0 spiro atoms. The molecule has 2 aromatic carbocycles. The van der Waals surface area contributed by atoms with Crippen molar-refractivity contribution in [3.63, 3.8) is 0 Å². The Hall–Kier alpha value is -2.22. The monoisotopic (exact) mass is 529 g/mol. The Morgan fingerprint density at radius 2 is 2.06 bits per heavy atom. The SMILES string of the molecule is Cc1nc(C(=O)N2CC3CC3C2CNC(=O)c2cccc(Br)c2)c(-c2cccc(Cl)c2)s1. The molecular weight excluding hydrogens is 510 g/mol. The Morgan fingerprint density at radius 3 is 2.84 bits per heavy atom. The molecule has 3 aromatic rings. The van der Waals surface area contributed by atoms with E-state index in [2.05, 4.69) is 26.2 Å². The van der Waals surface area contributed by atoms with Crippen LogP contribution in [0.5, 0.6) is 0 Å². The summed E-state index contributed by atoms with van der Waals surface area (Å²) in [6.45, 7) is 3.06. The van der Waals surface area contributed by atoms with E-state index in [9.17, 15) is 9.59 Å². The first-order valence-electron chi connectivity index (χ1n) is 10.5. The highest BCUT2D eigenvalue weighted by Crippen LogP contribution is 2.50. The zero-order valence-electron chi connectivity index (χ0n) is 17.3. The Balaban J connectivity index is 1.36. The van der Waals surface area contributed by atoms with Gasteiger partial charge in [-0.1, -0.05) is 45.7 Å². The summed E-state index contributed by atoms with van der Waals surface area (Å²) in [5, 5.41) is 4.50. The first-order chi connectivity index (χ1) is 15.4. The summed E-state index contributed by atoms with van der Waals surface area (Å²) in [7, 11) is 0. The van der Waals surface area contributed by atoms with Crippen LogP contribution in [0.4, 0.5) is 0 Å². The van der Waals surface area contributed by atoms with Crippen LogP contribution in [0.15, 0.2) is 53.0 Å². The number of nitrogens with zero attached hydrogens (tertiary/aromatic N) is 2. The zero-order chi connectivity index (χ0) is 22.4. The molecule has 3 unspecified atom stereocenters. The Morgan fingerprint density at radius 1 is 1.25 bits per heavy atom. The standard InChI is InChI=1S/C24H21BrClN3O2S/c1-13-28-21(22(32-13)14-4-3-7-18(26)9-14)24(31)29-12-16-10-19(16)20(29)11-27-23(30)15-5-2-6-17(25)8-15/h2-9,16,19-20H,10-12H2,1H3,(H,27,30). The summed E-state index contributed by atoms with van der Waals surface area (Å²) >= 11 is 11.1. The average Bonchev–Trinajstić information content (AvgIpc) is 3.28. The van der Waals surface area contributed by atoms with E-state index in [1.54, 1.807) is 12.1 Å². The summed E-state index contributed by atoms with van der Waals surface area (Å²) in [5.74, 6) is 0.752. The molecule has 8 heteroatoms. The van der Waals surface area contributed by atoms with Crippen molar-refractivity contribution in [2.24, 2.45) is 11.8 Å². The van der Waals surface area contributed by atoms with Crippen LogP contribution >= 0.6 is 38.9 Å². The van der Waals surface area contributed by atoms with Gasteiger partial charge in [0, 0.05) is 28.1 Å². The summed E-state index contributed by atoms with van der Waals surface area (Å²) in [5.41, 5.74) is 1.97. The van der Waals surface area contributed by atoms with Gasteiger partial charge in [-0.25, -0.2) is 4.98 Å². The molecule has 32 heavy (non-hydrogen) atoms. The largest absolute Gasteiger partial charge is 0.350 e. The van der Waals surface area contributed by atoms with E-state index in [1.165, 1.54) is 11.3 Å². The second-order valence-electron chi connectivity index (χ2n) is 8.33. The summed E-state index contributed by atoms with van der Waals surface area (Å²) in [6, 6.07) is 14.8. The highest BCUT2D eigenvalue weighted by molar-refractivity contribution is 9.10. The number of thiazole rings is 1. The van der Waals surface area contributed by atoms with Crippen LogP contribution in [0.2, 0.25) is 5.02 Å². The first-order valence-corrected chi connectivity index (χ1v) is 12.5. The fraction of sp³-hybridized carbons (Fsp3) is 0.292. The Bertz CT molecular complexity index is 1210. The van der Waals surface area contributed by atoms with Gasteiger partial charge in [0.2, 0.25) is 0 Å². The second kappa shape index (κ2) is 8.61. The normalized spacial score (nSPS) is 21.3. The molecule has 3 atom stereocenters. The van der Waals surface area contributed by atoms with Gasteiger partial charge in [-0.05, 0) is 61.1 Å². The average molecular weight is 531 g/mol. The maximum absolute atomic E-state index is 13.6. The summed E-state index contributed by atoms with van der Waals surface area (Å²) < 4.78 is 0.859. The molecule has 1 aliphatic carbocycles. The lowest BCUT2D eigenvalue weighted by molar-refractivity contribution is 0.0690. The number of fused-ring (bicyclic) bond motifs is 1. The van der Waals surface area contributed by atoms with Gasteiger partial charge in [0.1, 0.15) is 5.69 Å². The molecule has 164 valence electrons. The predicted octanol–water partition coefficient (Wildman–Crippen LogP) is 5.42. The van der Waals surface area contributed by atoms with Crippen molar-refractivity contribution < 1.29 is 9.59 Å². The molecule has 2 aliphatic rings. The van der Waals surface area contributed by atoms with Crippen molar-refractivity contribution in [1.82, 2.24) is 15.2 Å². The van der Waals surface area contributed by atoms with Gasteiger partial charge in [0.05, 0.1) is 15.9 Å². The molecule has 1 aromatic heterocycles. The van der Waals surface area contributed by atoms with Crippen molar-refractivity contribution in [2.75, 3.05) is 13.1 Å². The topological polar surface area (TPSA) is 62.3 Å². The third kappa shape index (κ3) is 4.21. The molecular formula is C24H21BrClN3O2S. The summed E-state index contributed by atoms with van der Waals surface area (Å²) in [6.07, 6.45) is 1.11. The minimum Gasteiger partial charge on any atom is -0.350 e. The van der Waals surface area contributed by atoms with Crippen LogP contribution in [0.3, 0.4) is 0 Å². The molecule has 0 radical (unpaired) electrons. The number of rotatable bonds is 5. The van der Waals surface area contributed by atoms with Gasteiger partial charge in [-0.2, -0.15) is 0 Å². The van der Waals surface area contributed by atoms with E-state index in [1.807, 2.05) is 48.2 Å². The number of carbonyl (C=O) groups excluding carboxylic acids is 2. The van der Waals surface area contributed by atoms with Gasteiger partial charge in [-0.15, -0.1) is 11.3 Å². The lowest BCUT2D eigenvalue weighted by Gasteiger charge is -2.27. The Labute approximate surface area is 203 Å². The molecule has 1 N–H and O–H groups in total. The maximum Gasteiger partial charge on any atom is 0.274 e. The van der Waals surface area contributed by atoms with E-state index < -0.39 is 0 Å². The first kappa shape index (κ1) is 21.6. The highest BCUT2D eigenvalue weighted by Gasteiger charge is 2.54. The zero-order valence-corrected chi connectivity index (χ0v) is 20.5. The molecule has 2 heterocycles. The van der Waals surface area contributed by atoms with Crippen molar-refractivity contribution in [2.45, 2.75) is 19.4 Å². The van der Waals surface area contributed by atoms with Gasteiger partial charge in [0.25, 0.3) is 11.8 Å². The predicted molar refractivity (Wildman–Crippen MR) is 130 cm³/mol. The lowest BCUT2D eigenvalue weighted by atomic mass is 10.1. The van der Waals surface area contributed by atoms with Gasteiger partial charge in [0.15, 0.2) is 0 Å². The number of aromatic nitrogens is 1. The number of likely N-dealkylation sites (tertiary alicyclic amines) is 1. The van der Waals surface area contributed by atoms with Gasteiger partial charge in [-0.3, -0.25) is 9.59 Å². The van der Waals surface area contributed by atoms with Crippen molar-refractivity contribution >= 4 is 50.7 Å². The minimum atomic E-state index is -0.132. The fourth-order valence-corrected chi connectivity index (χ4v) is 6.03. The summed E-state index contributed by atoms with van der Waals surface area (Å²) in [4.78, 5) is 33.6. The van der Waals surface area contributed by atoms with E-state index >= 15 is 0 Å². The van der Waals surface area contributed by atoms with E-state index in [4.69, 9.17) is 11.6 Å². The van der Waals surface area contributed by atoms with Crippen molar-refractivity contribution in [3.8, 4) is 10.4 Å². The molecule has 5 rings (SSSR count). The molecule has 1 saturated heterocycles. The number of piperidine rings is 1. The number of nitrogens with one attached hydrogen (secondary N) is 1. The Kier molecular flexibility index (Phi) is 5.82. The number of benzene rings is 2. The number of amides is 2. The smallest absolute Gasteiger partial charge is 0.274 e. The van der Waals surface area contributed by atoms with Crippen LogP contribution in [0.25, 0.3) is 10.4 Å². The van der Waals surface area contributed by atoms with E-state index in [0.717, 1.165) is 26.3 Å². The molecule has 1 saturated carbocycles. The van der Waals surface area contributed by atoms with Crippen LogP contribution in [0, 0.1) is 18.8 Å². The third-order valence-electron chi connectivity index (χ3n) is 6.15. The minimum absolute atomic E-state index is 0.0159. The fourth-order valence-electron chi connectivity index (χ4n) is 4.53. The molecule has 1 aliphatic heterocycles. The van der Waals surface area contributed by atoms with Crippen molar-refractivity contribution in [1.29, 1.82) is 0 Å². The van der Waals surface area contributed by atoms with Gasteiger partial charge < -0.3 is 10.2 Å². The number of hydrogen-bond donors (Lipinski definition) is 1. The molecule has 0 bridgehead atoms. The van der Waals surface area contributed by atoms with Crippen LogP contribution in [-0.2, 0) is 0 Å².